The smallest absolute Gasteiger partial charge is 0.345 e. The maximum absolute atomic E-state index is 11.2. The highest BCUT2D eigenvalue weighted by molar-refractivity contribution is 6.22. The first-order valence-corrected chi connectivity index (χ1v) is 6.46. The number of pyridine rings is 1. The number of fused-ring (bicyclic) bond motifs is 2. The van der Waals surface area contributed by atoms with E-state index in [1.54, 1.807) is 0 Å². The minimum atomic E-state index is -0.539. The molecule has 20 heavy (non-hydrogen) atoms. The molecular formula is C15H17NO4. The van der Waals surface area contributed by atoms with Crippen molar-refractivity contribution in [3.8, 4) is 11.6 Å². The van der Waals surface area contributed by atoms with Crippen LogP contribution in [0, 0.1) is 0 Å². The van der Waals surface area contributed by atoms with Gasteiger partial charge in [0.1, 0.15) is 5.69 Å². The Bertz CT molecular complexity index is 548. The number of hydrogen-bond acceptors (Lipinski definition) is 5. The molecule has 106 valence electrons. The van der Waals surface area contributed by atoms with E-state index in [0.717, 1.165) is 0 Å². The molecular weight excluding hydrogens is 258 g/mol. The molecule has 0 saturated heterocycles. The highest BCUT2D eigenvalue weighted by Crippen LogP contribution is 2.40. The Kier molecular flexibility index (Phi) is 4.80. The first-order chi connectivity index (χ1) is 9.58. The fourth-order valence-electron chi connectivity index (χ4n) is 1.58. The summed E-state index contributed by atoms with van der Waals surface area (Å²) in [6.45, 7) is 15.1. The van der Waals surface area contributed by atoms with Gasteiger partial charge in [-0.05, 0) is 6.07 Å². The van der Waals surface area contributed by atoms with Crippen LogP contribution in [0.15, 0.2) is 19.2 Å². The fourth-order valence-corrected chi connectivity index (χ4v) is 1.58. The third-order valence-corrected chi connectivity index (χ3v) is 2.45. The van der Waals surface area contributed by atoms with Gasteiger partial charge in [-0.25, -0.2) is 14.6 Å². The third kappa shape index (κ3) is 2.34. The van der Waals surface area contributed by atoms with Gasteiger partial charge in [-0.2, -0.15) is 0 Å². The largest absolute Gasteiger partial charge is 0.421 e. The van der Waals surface area contributed by atoms with Crippen molar-refractivity contribution >= 4 is 23.1 Å². The number of aromatic nitrogens is 1. The summed E-state index contributed by atoms with van der Waals surface area (Å²) < 4.78 is 9.79. The minimum Gasteiger partial charge on any atom is -0.421 e. The molecule has 2 aliphatic rings. The molecule has 0 radical (unpaired) electrons. The molecule has 0 spiro atoms. The summed E-state index contributed by atoms with van der Waals surface area (Å²) in [6.07, 6.45) is 0. The number of nitrogens with zero attached hydrogens (tertiary/aromatic N) is 1. The van der Waals surface area contributed by atoms with Crippen LogP contribution in [0.2, 0.25) is 0 Å². The normalized spacial score (nSPS) is 14.2. The van der Waals surface area contributed by atoms with E-state index in [2.05, 4.69) is 18.1 Å². The number of carbonyl (C=O) groups is 2. The van der Waals surface area contributed by atoms with E-state index in [-0.39, 0.29) is 22.8 Å². The predicted octanol–water partition coefficient (Wildman–Crippen LogP) is 3.00. The molecule has 3 rings (SSSR count). The zero-order valence-electron chi connectivity index (χ0n) is 12.1. The molecule has 1 aromatic rings. The lowest BCUT2D eigenvalue weighted by molar-refractivity contribution is -0.127. The van der Waals surface area contributed by atoms with Gasteiger partial charge in [-0.3, -0.25) is 0 Å². The van der Waals surface area contributed by atoms with E-state index in [0.29, 0.717) is 11.3 Å². The van der Waals surface area contributed by atoms with Gasteiger partial charge in [0.05, 0.1) is 16.7 Å². The molecule has 2 aliphatic heterocycles. The third-order valence-electron chi connectivity index (χ3n) is 2.45. The van der Waals surface area contributed by atoms with E-state index < -0.39 is 11.9 Å². The maximum atomic E-state index is 11.2. The second-order valence-corrected chi connectivity index (χ2v) is 3.42. The highest BCUT2D eigenvalue weighted by atomic mass is 16.6. The Balaban J connectivity index is 0.000000461. The summed E-state index contributed by atoms with van der Waals surface area (Å²) in [5.41, 5.74) is 1.13. The van der Waals surface area contributed by atoms with Gasteiger partial charge < -0.3 is 9.47 Å². The topological polar surface area (TPSA) is 65.5 Å². The van der Waals surface area contributed by atoms with Gasteiger partial charge in [-0.1, -0.05) is 40.9 Å². The van der Waals surface area contributed by atoms with Crippen LogP contribution in [0.25, 0.3) is 11.1 Å². The molecule has 0 fully saturated rings. The molecule has 0 bridgehead atoms. The molecule has 0 unspecified atom stereocenters. The quantitative estimate of drug-likeness (QED) is 0.538. The molecule has 0 aromatic carbocycles. The van der Waals surface area contributed by atoms with E-state index in [4.69, 9.17) is 9.47 Å². The van der Waals surface area contributed by atoms with Crippen LogP contribution in [0.5, 0.6) is 11.6 Å². The van der Waals surface area contributed by atoms with Crippen molar-refractivity contribution in [3.63, 3.8) is 0 Å². The standard InChI is InChI=1S/C11H5NO4.2C2H6/c1-4-6-3-7-8(5(2)11(14)15-7)12-9(6)16-10(4)13;2*1-2/h3H,1-2H2;2*1-2H3. The van der Waals surface area contributed by atoms with Crippen LogP contribution in [-0.2, 0) is 9.59 Å². The van der Waals surface area contributed by atoms with Crippen molar-refractivity contribution in [3.05, 3.63) is 30.5 Å². The van der Waals surface area contributed by atoms with Crippen molar-refractivity contribution in [2.75, 3.05) is 0 Å². The van der Waals surface area contributed by atoms with Gasteiger partial charge in [0.25, 0.3) is 0 Å². The van der Waals surface area contributed by atoms with Gasteiger partial charge in [0, 0.05) is 0 Å². The van der Waals surface area contributed by atoms with Crippen molar-refractivity contribution < 1.29 is 19.1 Å². The second kappa shape index (κ2) is 6.14. The van der Waals surface area contributed by atoms with E-state index in [1.165, 1.54) is 6.07 Å². The Morgan fingerprint density at radius 1 is 0.950 bits per heavy atom. The lowest BCUT2D eigenvalue weighted by atomic mass is 10.1. The average Bonchev–Trinajstić information content (AvgIpc) is 2.91. The number of hydrogen-bond donors (Lipinski definition) is 0. The summed E-state index contributed by atoms with van der Waals surface area (Å²) in [5.74, 6) is -0.646. The lowest BCUT2D eigenvalue weighted by Crippen LogP contribution is -2.01. The Hall–Kier alpha value is -2.43. The average molecular weight is 275 g/mol. The van der Waals surface area contributed by atoms with Gasteiger partial charge in [0.15, 0.2) is 5.75 Å². The maximum Gasteiger partial charge on any atom is 0.345 e. The molecule has 0 saturated carbocycles. The Morgan fingerprint density at radius 3 is 2.10 bits per heavy atom. The molecule has 5 heteroatoms. The predicted molar refractivity (Wildman–Crippen MR) is 76.3 cm³/mol. The molecule has 3 heterocycles. The molecule has 1 aromatic heterocycles. The minimum absolute atomic E-state index is 0.146. The number of rotatable bonds is 0. The van der Waals surface area contributed by atoms with Crippen LogP contribution < -0.4 is 9.47 Å². The Morgan fingerprint density at radius 2 is 1.50 bits per heavy atom. The van der Waals surface area contributed by atoms with Crippen LogP contribution in [-0.4, -0.2) is 16.9 Å². The van der Waals surface area contributed by atoms with Gasteiger partial charge >= 0.3 is 11.9 Å². The number of ether oxygens (including phenoxy) is 2. The summed E-state index contributed by atoms with van der Waals surface area (Å²) in [6, 6.07) is 1.51. The summed E-state index contributed by atoms with van der Waals surface area (Å²) in [4.78, 5) is 26.4. The molecule has 5 nitrogen and oxygen atoms in total. The van der Waals surface area contributed by atoms with Gasteiger partial charge in [-0.15, -0.1) is 0 Å². The summed E-state index contributed by atoms with van der Waals surface area (Å²) in [5, 5.41) is 0. The lowest BCUT2D eigenvalue weighted by Gasteiger charge is -1.98. The van der Waals surface area contributed by atoms with E-state index >= 15 is 0 Å². The SMILES string of the molecule is C=C1C(=O)Oc2nc3c(cc21)OC(=O)C3=C.CC.CC. The molecule has 0 aliphatic carbocycles. The van der Waals surface area contributed by atoms with Gasteiger partial charge in [0.2, 0.25) is 5.88 Å². The zero-order valence-corrected chi connectivity index (χ0v) is 12.1. The fraction of sp³-hybridized carbons (Fsp3) is 0.267. The summed E-state index contributed by atoms with van der Waals surface area (Å²) in [7, 11) is 0. The second-order valence-electron chi connectivity index (χ2n) is 3.42. The van der Waals surface area contributed by atoms with Crippen molar-refractivity contribution in [2.45, 2.75) is 27.7 Å². The molecule has 0 atom stereocenters. The van der Waals surface area contributed by atoms with Crippen molar-refractivity contribution in [1.82, 2.24) is 4.98 Å². The molecule has 0 N–H and O–H groups in total. The highest BCUT2D eigenvalue weighted by Gasteiger charge is 2.34. The number of carbonyl (C=O) groups excluding carboxylic acids is 2. The summed E-state index contributed by atoms with van der Waals surface area (Å²) >= 11 is 0. The monoisotopic (exact) mass is 275 g/mol. The van der Waals surface area contributed by atoms with Crippen LogP contribution >= 0.6 is 0 Å². The molecule has 0 amide bonds. The van der Waals surface area contributed by atoms with Crippen LogP contribution in [0.4, 0.5) is 0 Å². The zero-order chi connectivity index (χ0) is 15.4. The van der Waals surface area contributed by atoms with Crippen LogP contribution in [0.3, 0.4) is 0 Å². The first kappa shape index (κ1) is 15.6. The first-order valence-electron chi connectivity index (χ1n) is 6.46. The van der Waals surface area contributed by atoms with E-state index in [9.17, 15) is 9.59 Å². The Labute approximate surface area is 117 Å². The van der Waals surface area contributed by atoms with Crippen molar-refractivity contribution in [2.24, 2.45) is 0 Å². The van der Waals surface area contributed by atoms with E-state index in [1.807, 2.05) is 27.7 Å². The number of esters is 2. The van der Waals surface area contributed by atoms with Crippen LogP contribution in [0.1, 0.15) is 39.0 Å². The van der Waals surface area contributed by atoms with Crippen molar-refractivity contribution in [1.29, 1.82) is 0 Å².